The minimum Gasteiger partial charge on any atom is -0.494 e. The zero-order valence-corrected chi connectivity index (χ0v) is 11.2. The van der Waals surface area contributed by atoms with Gasteiger partial charge in [0, 0.05) is 17.7 Å². The van der Waals surface area contributed by atoms with Crippen LogP contribution in [0.25, 0.3) is 11.3 Å². The van der Waals surface area contributed by atoms with Crippen LogP contribution in [0.3, 0.4) is 0 Å². The normalized spacial score (nSPS) is 10.5. The summed E-state index contributed by atoms with van der Waals surface area (Å²) in [6, 6.07) is 8.16. The Bertz CT molecular complexity index is 590. The Hall–Kier alpha value is -1.65. The second-order valence-electron chi connectivity index (χ2n) is 4.02. The Kier molecular flexibility index (Phi) is 4.35. The van der Waals surface area contributed by atoms with E-state index in [1.165, 1.54) is 12.1 Å². The minimum atomic E-state index is -0.456. The molecule has 0 saturated carbocycles. The molecule has 0 amide bonds. The lowest BCUT2D eigenvalue weighted by molar-refractivity contribution is 0.414. The lowest BCUT2D eigenvalue weighted by Crippen LogP contribution is -2.05. The maximum atomic E-state index is 13.2. The van der Waals surface area contributed by atoms with E-state index in [1.807, 2.05) is 12.1 Å². The number of nitrogens with two attached hydrogens (primary N) is 1. The molecule has 1 heterocycles. The lowest BCUT2D eigenvalue weighted by Gasteiger charge is -2.10. The first-order valence-corrected chi connectivity index (χ1v) is 6.23. The summed E-state index contributed by atoms with van der Waals surface area (Å²) in [6.45, 7) is 0.517. The van der Waals surface area contributed by atoms with Crippen molar-refractivity contribution in [3.05, 3.63) is 46.9 Å². The highest BCUT2D eigenvalue weighted by atomic mass is 35.5. The summed E-state index contributed by atoms with van der Waals surface area (Å²) in [7, 11) is 1.56. The molecule has 0 spiro atoms. The van der Waals surface area contributed by atoms with E-state index in [0.717, 1.165) is 5.69 Å². The molecule has 5 heteroatoms. The molecule has 2 N–H and O–H groups in total. The summed E-state index contributed by atoms with van der Waals surface area (Å²) in [4.78, 5) is 4.49. The largest absolute Gasteiger partial charge is 0.494 e. The van der Waals surface area contributed by atoms with Crippen LogP contribution in [0.15, 0.2) is 30.3 Å². The molecule has 2 rings (SSSR count). The Labute approximate surface area is 116 Å². The van der Waals surface area contributed by atoms with Gasteiger partial charge >= 0.3 is 0 Å². The van der Waals surface area contributed by atoms with Crippen molar-refractivity contribution in [1.82, 2.24) is 4.98 Å². The van der Waals surface area contributed by atoms with Crippen molar-refractivity contribution in [1.29, 1.82) is 0 Å². The Morgan fingerprint density at radius 3 is 2.74 bits per heavy atom. The first-order valence-electron chi connectivity index (χ1n) is 5.85. The van der Waals surface area contributed by atoms with Crippen molar-refractivity contribution >= 4 is 11.6 Å². The minimum absolute atomic E-state index is 0.0607. The van der Waals surface area contributed by atoms with Gasteiger partial charge in [0.15, 0.2) is 0 Å². The molecule has 1 aromatic heterocycles. The zero-order chi connectivity index (χ0) is 13.8. The van der Waals surface area contributed by atoms with E-state index in [9.17, 15) is 4.39 Å². The molecular weight excluding hydrogens is 267 g/mol. The maximum absolute atomic E-state index is 13.2. The van der Waals surface area contributed by atoms with Gasteiger partial charge in [-0.25, -0.2) is 9.37 Å². The summed E-state index contributed by atoms with van der Waals surface area (Å²) in [5.74, 6) is 0.158. The van der Waals surface area contributed by atoms with Gasteiger partial charge in [0.25, 0.3) is 0 Å². The second kappa shape index (κ2) is 5.99. The third kappa shape index (κ3) is 3.03. The van der Waals surface area contributed by atoms with E-state index in [4.69, 9.17) is 22.1 Å². The van der Waals surface area contributed by atoms with Crippen molar-refractivity contribution in [2.45, 2.75) is 6.42 Å². The van der Waals surface area contributed by atoms with Crippen LogP contribution in [-0.2, 0) is 6.42 Å². The van der Waals surface area contributed by atoms with E-state index in [1.54, 1.807) is 13.2 Å². The molecular formula is C14H14ClFN2O. The Morgan fingerprint density at radius 1 is 1.32 bits per heavy atom. The highest BCUT2D eigenvalue weighted by molar-refractivity contribution is 6.31. The van der Waals surface area contributed by atoms with E-state index in [0.29, 0.717) is 30.0 Å². The van der Waals surface area contributed by atoms with Crippen LogP contribution in [0.2, 0.25) is 5.02 Å². The fourth-order valence-electron chi connectivity index (χ4n) is 1.79. The molecule has 0 aliphatic rings. The number of hydrogen-bond acceptors (Lipinski definition) is 3. The highest BCUT2D eigenvalue weighted by Crippen LogP contribution is 2.30. The van der Waals surface area contributed by atoms with Crippen molar-refractivity contribution in [3.8, 4) is 17.0 Å². The van der Waals surface area contributed by atoms with Crippen LogP contribution in [0.4, 0.5) is 4.39 Å². The quantitative estimate of drug-likeness (QED) is 0.936. The van der Waals surface area contributed by atoms with Gasteiger partial charge in [-0.2, -0.15) is 0 Å². The summed E-state index contributed by atoms with van der Waals surface area (Å²) >= 11 is 5.80. The smallest absolute Gasteiger partial charge is 0.145 e. The van der Waals surface area contributed by atoms with Crippen molar-refractivity contribution in [2.75, 3.05) is 13.7 Å². The zero-order valence-electron chi connectivity index (χ0n) is 10.5. The van der Waals surface area contributed by atoms with Gasteiger partial charge in [0.05, 0.1) is 12.1 Å². The van der Waals surface area contributed by atoms with Crippen molar-refractivity contribution in [2.24, 2.45) is 5.73 Å². The first kappa shape index (κ1) is 13.8. The average Bonchev–Trinajstić information content (AvgIpc) is 2.42. The molecule has 100 valence electrons. The molecule has 3 nitrogen and oxygen atoms in total. The number of ether oxygens (including phenoxy) is 1. The molecule has 2 aromatic rings. The predicted octanol–water partition coefficient (Wildman–Crippen LogP) is 3.05. The highest BCUT2D eigenvalue weighted by Gasteiger charge is 2.11. The molecule has 0 unspecified atom stereocenters. The fraction of sp³-hybridized carbons (Fsp3) is 0.214. The molecule has 0 radical (unpaired) electrons. The molecule has 0 saturated heterocycles. The molecule has 0 bridgehead atoms. The number of aromatic nitrogens is 1. The standard InChI is InChI=1S/C14H14ClFN2O/c1-19-13-5-3-10(6-7-17)18-14(13)9-2-4-12(16)11(15)8-9/h2-5,8H,6-7,17H2,1H3. The summed E-state index contributed by atoms with van der Waals surface area (Å²) < 4.78 is 18.5. The Balaban J connectivity index is 2.51. The average molecular weight is 281 g/mol. The van der Waals surface area contributed by atoms with E-state index < -0.39 is 5.82 Å². The third-order valence-electron chi connectivity index (χ3n) is 2.73. The van der Waals surface area contributed by atoms with Gasteiger partial charge in [0.2, 0.25) is 0 Å². The molecule has 0 fully saturated rings. The molecule has 1 aromatic carbocycles. The van der Waals surface area contributed by atoms with Crippen molar-refractivity contribution in [3.63, 3.8) is 0 Å². The fourth-order valence-corrected chi connectivity index (χ4v) is 1.97. The molecule has 19 heavy (non-hydrogen) atoms. The maximum Gasteiger partial charge on any atom is 0.145 e. The molecule has 0 atom stereocenters. The molecule has 0 aliphatic carbocycles. The van der Waals surface area contributed by atoms with Gasteiger partial charge < -0.3 is 10.5 Å². The van der Waals surface area contributed by atoms with Crippen LogP contribution in [-0.4, -0.2) is 18.6 Å². The summed E-state index contributed by atoms with van der Waals surface area (Å²) in [5, 5.41) is 0.0607. The topological polar surface area (TPSA) is 48.1 Å². The SMILES string of the molecule is COc1ccc(CCN)nc1-c1ccc(F)c(Cl)c1. The number of benzene rings is 1. The van der Waals surface area contributed by atoms with Crippen LogP contribution >= 0.6 is 11.6 Å². The number of halogens is 2. The number of rotatable bonds is 4. The van der Waals surface area contributed by atoms with Gasteiger partial charge in [-0.3, -0.25) is 0 Å². The summed E-state index contributed by atoms with van der Waals surface area (Å²) in [6.07, 6.45) is 0.673. The number of pyridine rings is 1. The predicted molar refractivity (Wildman–Crippen MR) is 74.0 cm³/mol. The van der Waals surface area contributed by atoms with Crippen molar-refractivity contribution < 1.29 is 9.13 Å². The molecule has 0 aliphatic heterocycles. The van der Waals surface area contributed by atoms with E-state index in [-0.39, 0.29) is 5.02 Å². The van der Waals surface area contributed by atoms with Gasteiger partial charge in [-0.05, 0) is 36.9 Å². The van der Waals surface area contributed by atoms with E-state index >= 15 is 0 Å². The van der Waals surface area contributed by atoms with E-state index in [2.05, 4.69) is 4.98 Å². The van der Waals surface area contributed by atoms with Crippen LogP contribution in [0.1, 0.15) is 5.69 Å². The number of methoxy groups -OCH3 is 1. The van der Waals surface area contributed by atoms with Crippen LogP contribution < -0.4 is 10.5 Å². The number of nitrogens with zero attached hydrogens (tertiary/aromatic N) is 1. The van der Waals surface area contributed by atoms with Crippen LogP contribution in [0.5, 0.6) is 5.75 Å². The van der Waals surface area contributed by atoms with Crippen LogP contribution in [0, 0.1) is 5.82 Å². The number of hydrogen-bond donors (Lipinski definition) is 1. The third-order valence-corrected chi connectivity index (χ3v) is 3.02. The Morgan fingerprint density at radius 2 is 2.11 bits per heavy atom. The van der Waals surface area contributed by atoms with Gasteiger partial charge in [-0.1, -0.05) is 11.6 Å². The van der Waals surface area contributed by atoms with Gasteiger partial charge in [-0.15, -0.1) is 0 Å². The van der Waals surface area contributed by atoms with Gasteiger partial charge in [0.1, 0.15) is 17.3 Å². The second-order valence-corrected chi connectivity index (χ2v) is 4.43. The summed E-state index contributed by atoms with van der Waals surface area (Å²) in [5.41, 5.74) is 7.73. The lowest BCUT2D eigenvalue weighted by atomic mass is 10.1. The monoisotopic (exact) mass is 280 g/mol. The first-order chi connectivity index (χ1) is 9.15.